The van der Waals surface area contributed by atoms with Gasteiger partial charge in [-0.2, -0.15) is 4.31 Å². The maximum Gasteiger partial charge on any atom is 0.243 e. The number of ether oxygens (including phenoxy) is 1. The molecule has 2 aromatic rings. The average Bonchev–Trinajstić information content (AvgIpc) is 2.74. The first kappa shape index (κ1) is 24.1. The van der Waals surface area contributed by atoms with Crippen molar-refractivity contribution in [3.63, 3.8) is 0 Å². The molecule has 3 rings (SSSR count). The summed E-state index contributed by atoms with van der Waals surface area (Å²) < 4.78 is 32.7. The minimum absolute atomic E-state index is 0.112. The molecule has 2 aromatic carbocycles. The first-order chi connectivity index (χ1) is 14.7. The lowest BCUT2D eigenvalue weighted by molar-refractivity contribution is -0.126. The van der Waals surface area contributed by atoms with E-state index in [0.717, 1.165) is 5.56 Å². The first-order valence-corrected chi connectivity index (χ1v) is 12.4. The average molecular weight is 506 g/mol. The fourth-order valence-electron chi connectivity index (χ4n) is 3.41. The molecule has 1 amide bonds. The van der Waals surface area contributed by atoms with Gasteiger partial charge in [0.05, 0.1) is 16.5 Å². The summed E-state index contributed by atoms with van der Waals surface area (Å²) in [6.45, 7) is 3.06. The third kappa shape index (κ3) is 5.84. The summed E-state index contributed by atoms with van der Waals surface area (Å²) in [5.41, 5.74) is 0.770. The van der Waals surface area contributed by atoms with Gasteiger partial charge >= 0.3 is 0 Å². The van der Waals surface area contributed by atoms with Crippen molar-refractivity contribution in [1.29, 1.82) is 0 Å². The molecule has 10 heteroatoms. The number of piperidine rings is 1. The molecular formula is C21H23Cl3N2O4S. The summed E-state index contributed by atoms with van der Waals surface area (Å²) in [6, 6.07) is 9.55. The van der Waals surface area contributed by atoms with Crippen molar-refractivity contribution in [3.8, 4) is 5.75 Å². The molecule has 1 saturated heterocycles. The number of nitrogens with zero attached hydrogens (tertiary/aromatic N) is 1. The van der Waals surface area contributed by atoms with Crippen LogP contribution in [0.2, 0.25) is 15.1 Å². The molecule has 0 bridgehead atoms. The monoisotopic (exact) mass is 504 g/mol. The SMILES string of the molecule is CCOc1ccc(S(=O)(=O)N2CCC(C(=O)NCc3ccc(Cl)cc3Cl)CC2)cc1Cl. The summed E-state index contributed by atoms with van der Waals surface area (Å²) in [6.07, 6.45) is 0.869. The molecule has 0 saturated carbocycles. The van der Waals surface area contributed by atoms with Gasteiger partial charge in [-0.25, -0.2) is 8.42 Å². The Morgan fingerprint density at radius 1 is 1.10 bits per heavy atom. The molecule has 0 radical (unpaired) electrons. The molecule has 0 unspecified atom stereocenters. The van der Waals surface area contributed by atoms with Gasteiger partial charge in [-0.05, 0) is 55.7 Å². The van der Waals surface area contributed by atoms with Crippen molar-refractivity contribution in [2.45, 2.75) is 31.2 Å². The summed E-state index contributed by atoms with van der Waals surface area (Å²) in [7, 11) is -3.70. The lowest BCUT2D eigenvalue weighted by atomic mass is 9.97. The molecule has 0 aliphatic carbocycles. The first-order valence-electron chi connectivity index (χ1n) is 9.86. The van der Waals surface area contributed by atoms with Gasteiger partial charge in [0, 0.05) is 35.6 Å². The fraction of sp³-hybridized carbons (Fsp3) is 0.381. The third-order valence-corrected chi connectivity index (χ3v) is 7.91. The van der Waals surface area contributed by atoms with Crippen LogP contribution < -0.4 is 10.1 Å². The van der Waals surface area contributed by atoms with Crippen LogP contribution in [0.3, 0.4) is 0 Å². The van der Waals surface area contributed by atoms with E-state index < -0.39 is 10.0 Å². The molecule has 1 aliphatic heterocycles. The van der Waals surface area contributed by atoms with E-state index in [1.807, 2.05) is 6.92 Å². The zero-order chi connectivity index (χ0) is 22.6. The standard InChI is InChI=1S/C21H23Cl3N2O4S/c1-2-30-20-6-5-17(12-19(20)24)31(28,29)26-9-7-14(8-10-26)21(27)25-13-15-3-4-16(22)11-18(15)23/h3-6,11-12,14H,2,7-10,13H2,1H3,(H,25,27). The van der Waals surface area contributed by atoms with Crippen molar-refractivity contribution in [2.75, 3.05) is 19.7 Å². The van der Waals surface area contributed by atoms with Crippen LogP contribution in [0.4, 0.5) is 0 Å². The smallest absolute Gasteiger partial charge is 0.243 e. The number of carbonyl (C=O) groups excluding carboxylic acids is 1. The van der Waals surface area contributed by atoms with Crippen LogP contribution >= 0.6 is 34.8 Å². The van der Waals surface area contributed by atoms with Crippen LogP contribution in [0.15, 0.2) is 41.3 Å². The molecule has 0 spiro atoms. The minimum atomic E-state index is -3.70. The van der Waals surface area contributed by atoms with Crippen molar-refractivity contribution in [3.05, 3.63) is 57.0 Å². The lowest BCUT2D eigenvalue weighted by Gasteiger charge is -2.30. The highest BCUT2D eigenvalue weighted by atomic mass is 35.5. The Morgan fingerprint density at radius 3 is 2.42 bits per heavy atom. The Morgan fingerprint density at radius 2 is 1.81 bits per heavy atom. The molecule has 1 fully saturated rings. The Balaban J connectivity index is 1.58. The number of benzene rings is 2. The van der Waals surface area contributed by atoms with E-state index in [1.54, 1.807) is 24.3 Å². The molecule has 168 valence electrons. The molecule has 1 heterocycles. The van der Waals surface area contributed by atoms with Gasteiger partial charge in [0.25, 0.3) is 0 Å². The predicted molar refractivity (Wildman–Crippen MR) is 122 cm³/mol. The Kier molecular flexibility index (Phi) is 8.10. The van der Waals surface area contributed by atoms with E-state index in [2.05, 4.69) is 5.32 Å². The second-order valence-corrected chi connectivity index (χ2v) is 10.3. The van der Waals surface area contributed by atoms with E-state index in [4.69, 9.17) is 39.5 Å². The van der Waals surface area contributed by atoms with Crippen molar-refractivity contribution >= 4 is 50.7 Å². The Bertz CT molecular complexity index is 1050. The summed E-state index contributed by atoms with van der Waals surface area (Å²) in [4.78, 5) is 12.7. The van der Waals surface area contributed by atoms with Crippen LogP contribution in [0, 0.1) is 5.92 Å². The number of carbonyl (C=O) groups is 1. The fourth-order valence-corrected chi connectivity index (χ4v) is 5.69. The van der Waals surface area contributed by atoms with E-state index in [1.165, 1.54) is 16.4 Å². The zero-order valence-corrected chi connectivity index (χ0v) is 20.0. The van der Waals surface area contributed by atoms with Crippen LogP contribution in [-0.4, -0.2) is 38.3 Å². The highest BCUT2D eigenvalue weighted by molar-refractivity contribution is 7.89. The number of sulfonamides is 1. The van der Waals surface area contributed by atoms with Gasteiger partial charge in [-0.1, -0.05) is 40.9 Å². The van der Waals surface area contributed by atoms with Crippen LogP contribution in [0.25, 0.3) is 0 Å². The normalized spacial score (nSPS) is 15.6. The van der Waals surface area contributed by atoms with Gasteiger partial charge in [-0.15, -0.1) is 0 Å². The van der Waals surface area contributed by atoms with Crippen LogP contribution in [0.5, 0.6) is 5.75 Å². The van der Waals surface area contributed by atoms with Gasteiger partial charge < -0.3 is 10.1 Å². The van der Waals surface area contributed by atoms with Crippen molar-refractivity contribution in [2.24, 2.45) is 5.92 Å². The van der Waals surface area contributed by atoms with Gasteiger partial charge in [-0.3, -0.25) is 4.79 Å². The van der Waals surface area contributed by atoms with E-state index >= 15 is 0 Å². The Hall–Kier alpha value is -1.51. The molecule has 1 aliphatic rings. The second kappa shape index (κ2) is 10.4. The number of halogens is 3. The third-order valence-electron chi connectivity index (χ3n) is 5.13. The lowest BCUT2D eigenvalue weighted by Crippen LogP contribution is -2.42. The highest BCUT2D eigenvalue weighted by Gasteiger charge is 2.32. The molecular weight excluding hydrogens is 483 g/mol. The van der Waals surface area contributed by atoms with Crippen LogP contribution in [-0.2, 0) is 21.4 Å². The quantitative estimate of drug-likeness (QED) is 0.588. The topological polar surface area (TPSA) is 75.7 Å². The molecule has 1 N–H and O–H groups in total. The molecule has 0 atom stereocenters. The van der Waals surface area contributed by atoms with Gasteiger partial charge in [0.1, 0.15) is 5.75 Å². The summed E-state index contributed by atoms with van der Waals surface area (Å²) >= 11 is 18.2. The summed E-state index contributed by atoms with van der Waals surface area (Å²) in [5, 5.41) is 4.14. The second-order valence-electron chi connectivity index (χ2n) is 7.16. The van der Waals surface area contributed by atoms with E-state index in [0.29, 0.717) is 35.2 Å². The predicted octanol–water partition coefficient (Wildman–Crippen LogP) is 4.76. The number of rotatable bonds is 7. The van der Waals surface area contributed by atoms with Gasteiger partial charge in [0.2, 0.25) is 15.9 Å². The number of hydrogen-bond acceptors (Lipinski definition) is 4. The zero-order valence-electron chi connectivity index (χ0n) is 16.9. The van der Waals surface area contributed by atoms with Crippen LogP contribution in [0.1, 0.15) is 25.3 Å². The van der Waals surface area contributed by atoms with E-state index in [-0.39, 0.29) is 41.4 Å². The minimum Gasteiger partial charge on any atom is -0.492 e. The summed E-state index contributed by atoms with van der Waals surface area (Å²) in [5.74, 6) is 0.0629. The van der Waals surface area contributed by atoms with E-state index in [9.17, 15) is 13.2 Å². The number of nitrogens with one attached hydrogen (secondary N) is 1. The maximum atomic E-state index is 13.0. The highest BCUT2D eigenvalue weighted by Crippen LogP contribution is 2.30. The van der Waals surface area contributed by atoms with Crippen molar-refractivity contribution < 1.29 is 17.9 Å². The molecule has 31 heavy (non-hydrogen) atoms. The molecule has 6 nitrogen and oxygen atoms in total. The number of amides is 1. The largest absolute Gasteiger partial charge is 0.492 e. The maximum absolute atomic E-state index is 13.0. The Labute approximate surface area is 197 Å². The van der Waals surface area contributed by atoms with Gasteiger partial charge in [0.15, 0.2) is 0 Å². The van der Waals surface area contributed by atoms with Crippen molar-refractivity contribution in [1.82, 2.24) is 9.62 Å². The molecule has 0 aromatic heterocycles. The number of hydrogen-bond donors (Lipinski definition) is 1.